The zero-order valence-corrected chi connectivity index (χ0v) is 12.6. The molecule has 116 valence electrons. The molecule has 0 amide bonds. The van der Waals surface area contributed by atoms with Crippen LogP contribution in [0.3, 0.4) is 0 Å². The van der Waals surface area contributed by atoms with E-state index in [4.69, 9.17) is 9.84 Å². The summed E-state index contributed by atoms with van der Waals surface area (Å²) in [6.07, 6.45) is 5.37. The van der Waals surface area contributed by atoms with Gasteiger partial charge >= 0.3 is 0 Å². The van der Waals surface area contributed by atoms with Gasteiger partial charge in [-0.25, -0.2) is 0 Å². The average Bonchev–Trinajstić information content (AvgIpc) is 3.03. The molecule has 5 nitrogen and oxygen atoms in total. The van der Waals surface area contributed by atoms with Crippen molar-refractivity contribution in [2.24, 2.45) is 5.92 Å². The topological polar surface area (TPSA) is 58.5 Å². The van der Waals surface area contributed by atoms with Crippen molar-refractivity contribution in [1.82, 2.24) is 9.97 Å². The number of nitrogens with zero attached hydrogens (tertiary/aromatic N) is 3. The molecule has 0 aliphatic carbocycles. The first-order valence-electron chi connectivity index (χ1n) is 7.70. The summed E-state index contributed by atoms with van der Waals surface area (Å²) in [7, 11) is 0. The lowest BCUT2D eigenvalue weighted by atomic mass is 10.1. The Morgan fingerprint density at radius 3 is 2.91 bits per heavy atom. The molecule has 5 heteroatoms. The van der Waals surface area contributed by atoms with Gasteiger partial charge in [0.25, 0.3) is 0 Å². The van der Waals surface area contributed by atoms with Crippen LogP contribution < -0.4 is 9.64 Å². The second-order valence-corrected chi connectivity index (χ2v) is 5.60. The van der Waals surface area contributed by atoms with Gasteiger partial charge in [0.05, 0.1) is 12.4 Å². The SMILES string of the molecule is OCCC1CCN(c2cncc(OCc3ccccc3)n2)C1. The third-order valence-electron chi connectivity index (χ3n) is 3.98. The van der Waals surface area contributed by atoms with Crippen molar-refractivity contribution in [3.63, 3.8) is 0 Å². The minimum atomic E-state index is 0.254. The van der Waals surface area contributed by atoms with E-state index in [1.54, 1.807) is 12.4 Å². The summed E-state index contributed by atoms with van der Waals surface area (Å²) in [6.45, 7) is 2.63. The van der Waals surface area contributed by atoms with Crippen LogP contribution in [0.2, 0.25) is 0 Å². The lowest BCUT2D eigenvalue weighted by molar-refractivity contribution is 0.263. The first-order valence-corrected chi connectivity index (χ1v) is 7.70. The molecule has 1 fully saturated rings. The molecule has 1 N–H and O–H groups in total. The highest BCUT2D eigenvalue weighted by Crippen LogP contribution is 2.24. The lowest BCUT2D eigenvalue weighted by Crippen LogP contribution is -2.21. The van der Waals surface area contributed by atoms with Crippen molar-refractivity contribution in [2.75, 3.05) is 24.6 Å². The zero-order chi connectivity index (χ0) is 15.2. The number of rotatable bonds is 6. The molecule has 1 atom stereocenters. The fourth-order valence-electron chi connectivity index (χ4n) is 2.75. The molecule has 1 aliphatic rings. The van der Waals surface area contributed by atoms with Crippen molar-refractivity contribution in [3.05, 3.63) is 48.3 Å². The van der Waals surface area contributed by atoms with Crippen LogP contribution in [0.15, 0.2) is 42.7 Å². The van der Waals surface area contributed by atoms with Crippen LogP contribution in [0.4, 0.5) is 5.82 Å². The Morgan fingerprint density at radius 2 is 2.09 bits per heavy atom. The van der Waals surface area contributed by atoms with Gasteiger partial charge in [-0.15, -0.1) is 0 Å². The van der Waals surface area contributed by atoms with Gasteiger partial charge in [-0.1, -0.05) is 30.3 Å². The van der Waals surface area contributed by atoms with Crippen LogP contribution in [0.25, 0.3) is 0 Å². The standard InChI is InChI=1S/C17H21N3O2/c21-9-7-14-6-8-20(12-14)16-10-18-11-17(19-16)22-13-15-4-2-1-3-5-15/h1-5,10-11,14,21H,6-9,12-13H2. The molecule has 0 spiro atoms. The highest BCUT2D eigenvalue weighted by Gasteiger charge is 2.23. The maximum absolute atomic E-state index is 9.04. The average molecular weight is 299 g/mol. The Hall–Kier alpha value is -2.14. The van der Waals surface area contributed by atoms with Gasteiger partial charge in [0.15, 0.2) is 5.82 Å². The molecule has 1 aliphatic heterocycles. The van der Waals surface area contributed by atoms with Crippen LogP contribution in [0, 0.1) is 5.92 Å². The van der Waals surface area contributed by atoms with Crippen molar-refractivity contribution in [2.45, 2.75) is 19.4 Å². The minimum Gasteiger partial charge on any atom is -0.472 e. The van der Waals surface area contributed by atoms with Crippen molar-refractivity contribution >= 4 is 5.82 Å². The molecule has 22 heavy (non-hydrogen) atoms. The monoisotopic (exact) mass is 299 g/mol. The summed E-state index contributed by atoms with van der Waals surface area (Å²) in [5, 5.41) is 9.04. The first-order chi connectivity index (χ1) is 10.8. The molecular formula is C17H21N3O2. The molecule has 1 aromatic heterocycles. The Kier molecular flexibility index (Phi) is 4.85. The number of hydrogen-bond acceptors (Lipinski definition) is 5. The third-order valence-corrected chi connectivity index (χ3v) is 3.98. The van der Waals surface area contributed by atoms with Gasteiger partial charge in [-0.2, -0.15) is 4.98 Å². The second kappa shape index (κ2) is 7.22. The highest BCUT2D eigenvalue weighted by molar-refractivity contribution is 5.38. The predicted octanol–water partition coefficient (Wildman–Crippen LogP) is 2.26. The van der Waals surface area contributed by atoms with Gasteiger partial charge in [-0.05, 0) is 24.3 Å². The van der Waals surface area contributed by atoms with E-state index in [0.717, 1.165) is 37.3 Å². The van der Waals surface area contributed by atoms with E-state index in [9.17, 15) is 0 Å². The van der Waals surface area contributed by atoms with Gasteiger partial charge in [-0.3, -0.25) is 4.98 Å². The molecule has 0 saturated carbocycles. The molecule has 2 heterocycles. The van der Waals surface area contributed by atoms with E-state index < -0.39 is 0 Å². The Balaban J connectivity index is 1.61. The zero-order valence-electron chi connectivity index (χ0n) is 12.6. The fourth-order valence-corrected chi connectivity index (χ4v) is 2.75. The quantitative estimate of drug-likeness (QED) is 0.886. The summed E-state index contributed by atoms with van der Waals surface area (Å²) >= 11 is 0. The van der Waals surface area contributed by atoms with E-state index in [-0.39, 0.29) is 6.61 Å². The molecule has 2 aromatic rings. The summed E-state index contributed by atoms with van der Waals surface area (Å²) < 4.78 is 5.73. The van der Waals surface area contributed by atoms with Gasteiger partial charge in [0, 0.05) is 19.7 Å². The molecule has 0 radical (unpaired) electrons. The van der Waals surface area contributed by atoms with Gasteiger partial charge in [0.1, 0.15) is 6.61 Å². The summed E-state index contributed by atoms with van der Waals surface area (Å²) in [5.41, 5.74) is 1.11. The maximum atomic E-state index is 9.04. The summed E-state index contributed by atoms with van der Waals surface area (Å²) in [5.74, 6) is 1.94. The fraction of sp³-hybridized carbons (Fsp3) is 0.412. The summed E-state index contributed by atoms with van der Waals surface area (Å²) in [4.78, 5) is 11.0. The molecular weight excluding hydrogens is 278 g/mol. The number of benzene rings is 1. The van der Waals surface area contributed by atoms with Crippen molar-refractivity contribution in [1.29, 1.82) is 0 Å². The number of ether oxygens (including phenoxy) is 1. The predicted molar refractivity (Wildman–Crippen MR) is 84.8 cm³/mol. The van der Waals surface area contributed by atoms with Crippen molar-refractivity contribution in [3.8, 4) is 5.88 Å². The Labute approximate surface area is 130 Å². The first kappa shape index (κ1) is 14.8. The number of aromatic nitrogens is 2. The second-order valence-electron chi connectivity index (χ2n) is 5.60. The summed E-state index contributed by atoms with van der Waals surface area (Å²) in [6, 6.07) is 10.0. The lowest BCUT2D eigenvalue weighted by Gasteiger charge is -2.17. The number of aliphatic hydroxyl groups is 1. The van der Waals surface area contributed by atoms with Crippen LogP contribution in [0.5, 0.6) is 5.88 Å². The normalized spacial score (nSPS) is 17.7. The van der Waals surface area contributed by atoms with Crippen LogP contribution in [-0.4, -0.2) is 34.8 Å². The van der Waals surface area contributed by atoms with Crippen LogP contribution >= 0.6 is 0 Å². The third kappa shape index (κ3) is 3.74. The molecule has 1 unspecified atom stereocenters. The van der Waals surface area contributed by atoms with Gasteiger partial charge in [0.2, 0.25) is 5.88 Å². The maximum Gasteiger partial charge on any atom is 0.234 e. The van der Waals surface area contributed by atoms with E-state index >= 15 is 0 Å². The Bertz CT molecular complexity index is 591. The molecule has 0 bridgehead atoms. The van der Waals surface area contributed by atoms with E-state index in [2.05, 4.69) is 14.9 Å². The van der Waals surface area contributed by atoms with E-state index in [1.165, 1.54) is 0 Å². The van der Waals surface area contributed by atoms with E-state index in [0.29, 0.717) is 18.4 Å². The molecule has 1 aromatic carbocycles. The van der Waals surface area contributed by atoms with Crippen LogP contribution in [-0.2, 0) is 6.61 Å². The number of anilines is 1. The van der Waals surface area contributed by atoms with Gasteiger partial charge < -0.3 is 14.7 Å². The number of hydrogen-bond donors (Lipinski definition) is 1. The smallest absolute Gasteiger partial charge is 0.234 e. The van der Waals surface area contributed by atoms with Crippen LogP contribution in [0.1, 0.15) is 18.4 Å². The largest absolute Gasteiger partial charge is 0.472 e. The van der Waals surface area contributed by atoms with E-state index in [1.807, 2.05) is 30.3 Å². The van der Waals surface area contributed by atoms with Crippen molar-refractivity contribution < 1.29 is 9.84 Å². The molecule has 3 rings (SSSR count). The minimum absolute atomic E-state index is 0.254. The Morgan fingerprint density at radius 1 is 1.23 bits per heavy atom. The number of aliphatic hydroxyl groups excluding tert-OH is 1. The molecule has 1 saturated heterocycles. The highest BCUT2D eigenvalue weighted by atomic mass is 16.5.